The fourth-order valence-corrected chi connectivity index (χ4v) is 5.26. The Balaban J connectivity index is 1.89. The minimum Gasteiger partial charge on any atom is -0.618 e. The van der Waals surface area contributed by atoms with Crippen molar-refractivity contribution in [3.8, 4) is 0 Å². The molecule has 3 rings (SSSR count). The monoisotopic (exact) mass is 480 g/mol. The molecule has 6 nitrogen and oxygen atoms in total. The summed E-state index contributed by atoms with van der Waals surface area (Å²) in [6.45, 7) is 5.87. The zero-order valence-corrected chi connectivity index (χ0v) is 21.6. The van der Waals surface area contributed by atoms with Crippen molar-refractivity contribution in [3.05, 3.63) is 74.8 Å². The van der Waals surface area contributed by atoms with Crippen molar-refractivity contribution in [3.63, 3.8) is 0 Å². The number of ether oxygens (including phenoxy) is 1. The molecule has 3 radical (unpaired) electrons. The number of methoxy groups -OCH3 is 1. The predicted molar refractivity (Wildman–Crippen MR) is 131 cm³/mol. The van der Waals surface area contributed by atoms with Crippen molar-refractivity contribution in [1.82, 2.24) is 0 Å². The summed E-state index contributed by atoms with van der Waals surface area (Å²) in [5.41, 5.74) is 7.13. The van der Waals surface area contributed by atoms with Crippen LogP contribution >= 0.6 is 0 Å². The average Bonchev–Trinajstić information content (AvgIpc) is 2.81. The minimum absolute atomic E-state index is 0.0425. The van der Waals surface area contributed by atoms with E-state index in [9.17, 15) is 10.0 Å². The molecular weight excluding hydrogens is 450 g/mol. The van der Waals surface area contributed by atoms with Gasteiger partial charge in [0.05, 0.1) is 26.1 Å². The average molecular weight is 481 g/mol. The Kier molecular flexibility index (Phi) is 8.76. The van der Waals surface area contributed by atoms with Crippen LogP contribution < -0.4 is 4.73 Å². The number of nitrogens with zero attached hydrogens (tertiary/aromatic N) is 1. The predicted octanol–water partition coefficient (Wildman–Crippen LogP) is 2.89. The second-order valence-electron chi connectivity index (χ2n) is 8.09. The van der Waals surface area contributed by atoms with Crippen molar-refractivity contribution in [1.29, 1.82) is 0 Å². The number of esters is 1. The van der Waals surface area contributed by atoms with Gasteiger partial charge in [0, 0.05) is 30.9 Å². The molecular formula is C25H30NO5Si2. The van der Waals surface area contributed by atoms with Gasteiger partial charge in [0.2, 0.25) is 15.5 Å². The van der Waals surface area contributed by atoms with E-state index in [4.69, 9.17) is 13.6 Å². The number of rotatable bonds is 10. The zero-order chi connectivity index (χ0) is 24.0. The lowest BCUT2D eigenvalue weighted by molar-refractivity contribution is -0.621. The topological polar surface area (TPSA) is 71.7 Å². The maximum Gasteiger partial charge on any atom is 0.308 e. The number of carbonyl (C=O) groups excluding carboxylic acids is 1. The Labute approximate surface area is 200 Å². The van der Waals surface area contributed by atoms with Crippen molar-refractivity contribution >= 4 is 37.4 Å². The fraction of sp³-hybridized carbons (Fsp3) is 0.400. The Hall–Kier alpha value is -2.56. The number of carbonyl (C=O) groups is 1. The summed E-state index contributed by atoms with van der Waals surface area (Å²) in [6, 6.07) is 8.30. The highest BCUT2D eigenvalue weighted by Crippen LogP contribution is 2.30. The van der Waals surface area contributed by atoms with Gasteiger partial charge in [0.1, 0.15) is 6.10 Å². The maximum absolute atomic E-state index is 13.2. The van der Waals surface area contributed by atoms with Gasteiger partial charge >= 0.3 is 5.97 Å². The van der Waals surface area contributed by atoms with Crippen molar-refractivity contribution in [2.75, 3.05) is 7.11 Å². The molecule has 2 unspecified atom stereocenters. The summed E-state index contributed by atoms with van der Waals surface area (Å²) in [5, 5.41) is 13.2. The number of hydrogen-bond donors (Lipinski definition) is 0. The number of aromatic nitrogens is 1. The van der Waals surface area contributed by atoms with Crippen LogP contribution in [-0.4, -0.2) is 50.6 Å². The molecule has 2 atom stereocenters. The van der Waals surface area contributed by atoms with Crippen LogP contribution in [0.5, 0.6) is 0 Å². The van der Waals surface area contributed by atoms with Crippen LogP contribution in [0.1, 0.15) is 52.0 Å². The van der Waals surface area contributed by atoms with Crippen LogP contribution in [0.2, 0.25) is 6.55 Å². The molecule has 1 aliphatic carbocycles. The van der Waals surface area contributed by atoms with Gasteiger partial charge in [-0.25, -0.2) is 0 Å². The molecule has 1 aromatic heterocycles. The van der Waals surface area contributed by atoms with E-state index in [2.05, 4.69) is 25.2 Å². The fourth-order valence-electron chi connectivity index (χ4n) is 4.36. The zero-order valence-electron chi connectivity index (χ0n) is 19.6. The molecule has 173 valence electrons. The molecule has 0 bridgehead atoms. The minimum atomic E-state index is -0.313. The molecule has 0 spiro atoms. The summed E-state index contributed by atoms with van der Waals surface area (Å²) in [6.07, 6.45) is 9.22. The number of hydrogen-bond acceptors (Lipinski definition) is 5. The van der Waals surface area contributed by atoms with Crippen molar-refractivity contribution < 1.29 is 23.1 Å². The van der Waals surface area contributed by atoms with Crippen LogP contribution in [0.3, 0.4) is 0 Å². The van der Waals surface area contributed by atoms with Gasteiger partial charge in [0.15, 0.2) is 5.69 Å². The molecule has 1 aliphatic rings. The first-order chi connectivity index (χ1) is 15.9. The lowest BCUT2D eigenvalue weighted by Gasteiger charge is -2.23. The molecule has 2 aromatic rings. The molecule has 0 amide bonds. The first kappa shape index (κ1) is 25.1. The summed E-state index contributed by atoms with van der Waals surface area (Å²) < 4.78 is 17.5. The van der Waals surface area contributed by atoms with Crippen LogP contribution in [0, 0.1) is 19.1 Å². The smallest absolute Gasteiger partial charge is 0.308 e. The first-order valence-electron chi connectivity index (χ1n) is 11.0. The number of pyridine rings is 1. The highest BCUT2D eigenvalue weighted by molar-refractivity contribution is 6.34. The van der Waals surface area contributed by atoms with E-state index in [1.54, 1.807) is 0 Å². The summed E-state index contributed by atoms with van der Waals surface area (Å²) >= 11 is 0. The van der Waals surface area contributed by atoms with E-state index in [0.29, 0.717) is 18.5 Å². The van der Waals surface area contributed by atoms with Crippen molar-refractivity contribution in [2.24, 2.45) is 0 Å². The second-order valence-corrected chi connectivity index (χ2v) is 9.25. The highest BCUT2D eigenvalue weighted by Gasteiger charge is 2.27. The van der Waals surface area contributed by atoms with E-state index in [1.807, 2.05) is 37.8 Å². The molecule has 0 saturated carbocycles. The van der Waals surface area contributed by atoms with E-state index >= 15 is 0 Å². The van der Waals surface area contributed by atoms with Gasteiger partial charge in [-0.1, -0.05) is 30.4 Å². The van der Waals surface area contributed by atoms with Crippen LogP contribution in [0.15, 0.2) is 30.3 Å². The lowest BCUT2D eigenvalue weighted by atomic mass is 9.85. The molecule has 1 aromatic carbocycles. The molecule has 0 N–H and O–H groups in total. The van der Waals surface area contributed by atoms with Gasteiger partial charge in [-0.3, -0.25) is 4.79 Å². The van der Waals surface area contributed by atoms with Gasteiger partial charge in [0.25, 0.3) is 9.38 Å². The van der Waals surface area contributed by atoms with E-state index in [0.717, 1.165) is 33.5 Å². The van der Waals surface area contributed by atoms with E-state index in [-0.39, 0.29) is 43.7 Å². The third kappa shape index (κ3) is 5.87. The molecule has 8 heteroatoms. The molecule has 33 heavy (non-hydrogen) atoms. The Morgan fingerprint density at radius 3 is 2.58 bits per heavy atom. The van der Waals surface area contributed by atoms with Crippen molar-refractivity contribution in [2.45, 2.75) is 58.3 Å². The molecule has 0 fully saturated rings. The normalized spacial score (nSPS) is 14.3. The van der Waals surface area contributed by atoms with Crippen LogP contribution in [0.25, 0.3) is 6.08 Å². The highest BCUT2D eigenvalue weighted by atomic mass is 28.2. The summed E-state index contributed by atoms with van der Waals surface area (Å²) in [7, 11) is 1.67. The second kappa shape index (κ2) is 11.5. The molecule has 1 heterocycles. The number of benzene rings is 1. The largest absolute Gasteiger partial charge is 0.618 e. The Morgan fingerprint density at radius 2 is 1.94 bits per heavy atom. The lowest BCUT2D eigenvalue weighted by Crippen LogP contribution is -2.40. The van der Waals surface area contributed by atoms with E-state index in [1.165, 1.54) is 18.2 Å². The standard InChI is InChI=1S/C25H30NO5Si2/c1-16-22(11-10-20(30-32-4)14-21(31-33-5)15-25(27)29-3)17(2)26(28)24-13-19-9-7-6-8-18(19)12-23(16)24/h6-11,20-21H,4,12-15H2,1-3,5H3/b11-10+. The maximum atomic E-state index is 13.2. The SMILES string of the molecule is C=[Si]OC(/C=C/c1c(C)c2c([n+]([O-])c1C)Cc1ccccc1C2)CC(CC(=O)OC)O[Si]C. The molecule has 0 saturated heterocycles. The molecule has 0 aliphatic heterocycles. The Morgan fingerprint density at radius 1 is 1.24 bits per heavy atom. The third-order valence-corrected chi connectivity index (χ3v) is 7.14. The quantitative estimate of drug-likeness (QED) is 0.193. The van der Waals surface area contributed by atoms with Gasteiger partial charge in [-0.2, -0.15) is 4.73 Å². The third-order valence-electron chi connectivity index (χ3n) is 6.10. The summed E-state index contributed by atoms with van der Waals surface area (Å²) in [4.78, 5) is 11.8. The van der Waals surface area contributed by atoms with Gasteiger partial charge in [-0.15, -0.1) is 0 Å². The summed E-state index contributed by atoms with van der Waals surface area (Å²) in [5.74, 6) is -0.313. The van der Waals surface area contributed by atoms with Crippen LogP contribution in [-0.2, 0) is 31.2 Å². The van der Waals surface area contributed by atoms with E-state index < -0.39 is 0 Å². The first-order valence-corrected chi connectivity index (χ1v) is 13.5. The Bertz CT molecular complexity index is 1050. The number of fused-ring (bicyclic) bond motifs is 2. The van der Waals surface area contributed by atoms with Gasteiger partial charge in [-0.05, 0) is 42.3 Å². The van der Waals surface area contributed by atoms with Crippen LogP contribution in [0.4, 0.5) is 0 Å². The van der Waals surface area contributed by atoms with Gasteiger partial charge < -0.3 is 18.8 Å².